The molecule has 0 saturated carbocycles. The van der Waals surface area contributed by atoms with Crippen molar-refractivity contribution in [3.63, 3.8) is 0 Å². The molecular formula is C28H38N4O7S. The average molecular weight is 575 g/mol. The fourth-order valence-electron chi connectivity index (χ4n) is 4.00. The van der Waals surface area contributed by atoms with E-state index in [1.165, 1.54) is 21.3 Å². The van der Waals surface area contributed by atoms with Gasteiger partial charge < -0.3 is 25.0 Å². The minimum Gasteiger partial charge on any atom is -0.458 e. The Labute approximate surface area is 235 Å². The molecule has 1 saturated heterocycles. The molecule has 2 amide bonds. The van der Waals surface area contributed by atoms with Crippen LogP contribution in [-0.4, -0.2) is 87.0 Å². The number of carbonyl (C=O) groups is 3. The van der Waals surface area contributed by atoms with Crippen molar-refractivity contribution in [1.82, 2.24) is 19.8 Å². The van der Waals surface area contributed by atoms with Crippen LogP contribution in [0.25, 0.3) is 0 Å². The molecule has 0 bridgehead atoms. The lowest BCUT2D eigenvalue weighted by molar-refractivity contribution is -0.158. The number of carbonyl (C=O) groups excluding carboxylic acids is 3. The number of aryl methyl sites for hydroxylation is 1. The van der Waals surface area contributed by atoms with Crippen molar-refractivity contribution in [3.05, 3.63) is 59.7 Å². The zero-order chi connectivity index (χ0) is 29.7. The summed E-state index contributed by atoms with van der Waals surface area (Å²) < 4.78 is 38.9. The van der Waals surface area contributed by atoms with Crippen LogP contribution >= 0.6 is 0 Å². The first-order valence-corrected chi connectivity index (χ1v) is 14.4. The number of ether oxygens (including phenoxy) is 2. The molecule has 0 unspecified atom stereocenters. The molecule has 2 atom stereocenters. The van der Waals surface area contributed by atoms with Gasteiger partial charge in [0, 0.05) is 40.2 Å². The first-order chi connectivity index (χ1) is 18.7. The molecule has 218 valence electrons. The molecule has 1 fully saturated rings. The second-order valence-corrected chi connectivity index (χ2v) is 12.7. The van der Waals surface area contributed by atoms with Crippen molar-refractivity contribution in [2.45, 2.75) is 56.7 Å². The van der Waals surface area contributed by atoms with Gasteiger partial charge in [0.05, 0.1) is 4.90 Å². The summed E-state index contributed by atoms with van der Waals surface area (Å²) in [5, 5.41) is 5.80. The lowest BCUT2D eigenvalue weighted by Gasteiger charge is -2.35. The maximum Gasteiger partial charge on any atom is 0.414 e. The Morgan fingerprint density at radius 3 is 2.27 bits per heavy atom. The van der Waals surface area contributed by atoms with Gasteiger partial charge in [-0.25, -0.2) is 18.0 Å². The van der Waals surface area contributed by atoms with Crippen molar-refractivity contribution in [2.75, 3.05) is 33.7 Å². The quantitative estimate of drug-likeness (QED) is 0.458. The molecule has 0 aliphatic carbocycles. The number of hydrogen-bond donors (Lipinski definition) is 2. The molecule has 2 aromatic rings. The summed E-state index contributed by atoms with van der Waals surface area (Å²) in [6.07, 6.45) is -0.453. The third-order valence-corrected chi connectivity index (χ3v) is 7.99. The zero-order valence-corrected chi connectivity index (χ0v) is 24.6. The third kappa shape index (κ3) is 8.26. The van der Waals surface area contributed by atoms with Crippen LogP contribution in [0.1, 0.15) is 31.9 Å². The van der Waals surface area contributed by atoms with Gasteiger partial charge in [0.1, 0.15) is 23.4 Å². The van der Waals surface area contributed by atoms with Crippen molar-refractivity contribution < 1.29 is 32.3 Å². The van der Waals surface area contributed by atoms with Gasteiger partial charge in [-0.3, -0.25) is 4.79 Å². The Morgan fingerprint density at radius 2 is 1.70 bits per heavy atom. The lowest BCUT2D eigenvalue weighted by atomic mass is 10.0. The Kier molecular flexibility index (Phi) is 9.93. The highest BCUT2D eigenvalue weighted by atomic mass is 32.2. The van der Waals surface area contributed by atoms with Gasteiger partial charge in [-0.05, 0) is 57.5 Å². The standard InChI is InChI=1S/C28H38N4O7S/c1-19-7-13-22(14-8-19)40(36,37)32-16-15-29-18-24(32)25(33)30-23(26(34)39-28(2,3)4)17-20-9-11-21(12-10-20)38-27(35)31(5)6/h7-14,23-24,29H,15-18H2,1-6H3,(H,30,33)/t23-,24-/m0/s1. The monoisotopic (exact) mass is 574 g/mol. The Bertz CT molecular complexity index is 1300. The number of amides is 2. The van der Waals surface area contributed by atoms with Crippen molar-refractivity contribution in [1.29, 1.82) is 0 Å². The second kappa shape index (κ2) is 12.8. The molecule has 11 nitrogen and oxygen atoms in total. The van der Waals surface area contributed by atoms with E-state index in [1.54, 1.807) is 71.3 Å². The van der Waals surface area contributed by atoms with E-state index in [1.807, 2.05) is 6.92 Å². The Balaban J connectivity index is 1.82. The van der Waals surface area contributed by atoms with Gasteiger partial charge in [-0.15, -0.1) is 0 Å². The topological polar surface area (TPSA) is 134 Å². The molecule has 2 N–H and O–H groups in total. The number of piperazine rings is 1. The summed E-state index contributed by atoms with van der Waals surface area (Å²) in [4.78, 5) is 39.9. The number of nitrogens with one attached hydrogen (secondary N) is 2. The average Bonchev–Trinajstić information content (AvgIpc) is 2.88. The molecule has 0 spiro atoms. The maximum absolute atomic E-state index is 13.5. The Morgan fingerprint density at radius 1 is 1.07 bits per heavy atom. The lowest BCUT2D eigenvalue weighted by Crippen LogP contribution is -2.61. The summed E-state index contributed by atoms with van der Waals surface area (Å²) in [7, 11) is -0.828. The van der Waals surface area contributed by atoms with Gasteiger partial charge in [0.15, 0.2) is 0 Å². The molecule has 3 rings (SSSR count). The fourth-order valence-corrected chi connectivity index (χ4v) is 5.59. The van der Waals surface area contributed by atoms with Crippen LogP contribution in [0, 0.1) is 6.92 Å². The van der Waals surface area contributed by atoms with E-state index in [-0.39, 0.29) is 24.4 Å². The van der Waals surface area contributed by atoms with Crippen LogP contribution in [0.3, 0.4) is 0 Å². The van der Waals surface area contributed by atoms with Crippen molar-refractivity contribution >= 4 is 28.0 Å². The number of sulfonamides is 1. The summed E-state index contributed by atoms with van der Waals surface area (Å²) >= 11 is 0. The van der Waals surface area contributed by atoms with E-state index >= 15 is 0 Å². The largest absolute Gasteiger partial charge is 0.458 e. The maximum atomic E-state index is 13.5. The number of hydrogen-bond acceptors (Lipinski definition) is 8. The molecule has 1 aliphatic rings. The summed E-state index contributed by atoms with van der Waals surface area (Å²) in [6.45, 7) is 7.59. The molecule has 0 aromatic heterocycles. The first-order valence-electron chi connectivity index (χ1n) is 13.0. The SMILES string of the molecule is Cc1ccc(S(=O)(=O)N2CCNC[C@H]2C(=O)N[C@@H](Cc2ccc(OC(=O)N(C)C)cc2)C(=O)OC(C)(C)C)cc1. The molecule has 12 heteroatoms. The number of rotatable bonds is 8. The van der Waals surface area contributed by atoms with E-state index in [2.05, 4.69) is 10.6 Å². The minimum absolute atomic E-state index is 0.0768. The summed E-state index contributed by atoms with van der Waals surface area (Å²) in [6, 6.07) is 10.8. The van der Waals surface area contributed by atoms with Gasteiger partial charge in [-0.1, -0.05) is 29.8 Å². The minimum atomic E-state index is -3.97. The molecular weight excluding hydrogens is 536 g/mol. The van der Waals surface area contributed by atoms with Crippen LogP contribution in [0.4, 0.5) is 4.79 Å². The molecule has 0 radical (unpaired) electrons. The highest BCUT2D eigenvalue weighted by molar-refractivity contribution is 7.89. The van der Waals surface area contributed by atoms with Gasteiger partial charge in [0.25, 0.3) is 0 Å². The second-order valence-electron chi connectivity index (χ2n) is 10.9. The number of benzene rings is 2. The van der Waals surface area contributed by atoms with E-state index < -0.39 is 45.7 Å². The zero-order valence-electron chi connectivity index (χ0n) is 23.8. The van der Waals surface area contributed by atoms with Crippen molar-refractivity contribution in [2.24, 2.45) is 0 Å². The van der Waals surface area contributed by atoms with Crippen LogP contribution in [-0.2, 0) is 30.8 Å². The van der Waals surface area contributed by atoms with Gasteiger partial charge in [0.2, 0.25) is 15.9 Å². The van der Waals surface area contributed by atoms with E-state index in [0.29, 0.717) is 17.9 Å². The molecule has 40 heavy (non-hydrogen) atoms. The fraction of sp³-hybridized carbons (Fsp3) is 0.464. The van der Waals surface area contributed by atoms with E-state index in [0.717, 1.165) is 5.56 Å². The van der Waals surface area contributed by atoms with Crippen LogP contribution in [0.5, 0.6) is 5.75 Å². The van der Waals surface area contributed by atoms with Crippen molar-refractivity contribution in [3.8, 4) is 5.75 Å². The van der Waals surface area contributed by atoms with E-state index in [9.17, 15) is 22.8 Å². The van der Waals surface area contributed by atoms with Crippen LogP contribution in [0.15, 0.2) is 53.4 Å². The Hall–Kier alpha value is -3.48. The smallest absolute Gasteiger partial charge is 0.414 e. The normalized spacial score (nSPS) is 17.0. The highest BCUT2D eigenvalue weighted by Gasteiger charge is 2.39. The summed E-state index contributed by atoms with van der Waals surface area (Å²) in [5.41, 5.74) is 0.779. The number of esters is 1. The molecule has 1 heterocycles. The predicted molar refractivity (Wildman–Crippen MR) is 149 cm³/mol. The van der Waals surface area contributed by atoms with Gasteiger partial charge >= 0.3 is 12.1 Å². The summed E-state index contributed by atoms with van der Waals surface area (Å²) in [5.74, 6) is -0.943. The first kappa shape index (κ1) is 31.1. The van der Waals surface area contributed by atoms with Gasteiger partial charge in [-0.2, -0.15) is 4.31 Å². The van der Waals surface area contributed by atoms with Crippen LogP contribution in [0.2, 0.25) is 0 Å². The van der Waals surface area contributed by atoms with E-state index in [4.69, 9.17) is 9.47 Å². The molecule has 1 aliphatic heterocycles. The van der Waals surface area contributed by atoms with Crippen LogP contribution < -0.4 is 15.4 Å². The number of nitrogens with zero attached hydrogens (tertiary/aromatic N) is 2. The predicted octanol–water partition coefficient (Wildman–Crippen LogP) is 2.09. The molecule has 2 aromatic carbocycles. The highest BCUT2D eigenvalue weighted by Crippen LogP contribution is 2.21. The third-order valence-electron chi connectivity index (χ3n) is 6.07.